The first-order valence-electron chi connectivity index (χ1n) is 9.38. The van der Waals surface area contributed by atoms with Gasteiger partial charge in [-0.1, -0.05) is 26.3 Å². The zero-order valence-corrected chi connectivity index (χ0v) is 14.5. The highest BCUT2D eigenvalue weighted by atomic mass is 16.1. The first-order valence-corrected chi connectivity index (χ1v) is 9.38. The maximum atomic E-state index is 12.0. The van der Waals surface area contributed by atoms with E-state index in [-0.39, 0.29) is 5.41 Å². The van der Waals surface area contributed by atoms with Gasteiger partial charge in [0.25, 0.3) is 0 Å². The Kier molecular flexibility index (Phi) is 3.23. The SMILES string of the molecule is CC=C1C[C@@H]2[C@@H](CC[C@]3(C)CCC[C@@H]23)[C@@]2(C)CCC(=O)C=C12. The van der Waals surface area contributed by atoms with Crippen molar-refractivity contribution in [3.05, 3.63) is 23.3 Å². The third-order valence-electron chi connectivity index (χ3n) is 8.00. The number of rotatable bonds is 0. The van der Waals surface area contributed by atoms with Crippen LogP contribution in [-0.2, 0) is 4.79 Å². The molecule has 3 fully saturated rings. The van der Waals surface area contributed by atoms with Crippen LogP contribution in [0.15, 0.2) is 23.3 Å². The van der Waals surface area contributed by atoms with Crippen molar-refractivity contribution >= 4 is 5.78 Å². The Labute approximate surface area is 135 Å². The van der Waals surface area contributed by atoms with Gasteiger partial charge in [-0.2, -0.15) is 0 Å². The average Bonchev–Trinajstić information content (AvgIpc) is 2.89. The number of hydrogen-bond acceptors (Lipinski definition) is 1. The summed E-state index contributed by atoms with van der Waals surface area (Å²) in [6, 6.07) is 0. The minimum Gasteiger partial charge on any atom is -0.295 e. The van der Waals surface area contributed by atoms with Crippen molar-refractivity contribution in [1.82, 2.24) is 0 Å². The summed E-state index contributed by atoms with van der Waals surface area (Å²) in [6.07, 6.45) is 14.5. The molecule has 0 aliphatic heterocycles. The van der Waals surface area contributed by atoms with Crippen LogP contribution >= 0.6 is 0 Å². The van der Waals surface area contributed by atoms with E-state index in [1.54, 1.807) is 0 Å². The van der Waals surface area contributed by atoms with Crippen LogP contribution in [0.2, 0.25) is 0 Å². The Balaban J connectivity index is 1.78. The lowest BCUT2D eigenvalue weighted by Crippen LogP contribution is -2.49. The zero-order chi connectivity index (χ0) is 15.5. The summed E-state index contributed by atoms with van der Waals surface area (Å²) in [4.78, 5) is 12.0. The van der Waals surface area contributed by atoms with Gasteiger partial charge in [-0.3, -0.25) is 4.79 Å². The zero-order valence-electron chi connectivity index (χ0n) is 14.5. The highest BCUT2D eigenvalue weighted by molar-refractivity contribution is 5.92. The number of carbonyl (C=O) groups excluding carboxylic acids is 1. The van der Waals surface area contributed by atoms with Gasteiger partial charge in [-0.15, -0.1) is 0 Å². The third kappa shape index (κ3) is 1.87. The lowest BCUT2D eigenvalue weighted by atomic mass is 9.46. The topological polar surface area (TPSA) is 17.1 Å². The molecule has 0 aromatic rings. The second kappa shape index (κ2) is 4.82. The monoisotopic (exact) mass is 298 g/mol. The highest BCUT2D eigenvalue weighted by Gasteiger charge is 2.57. The molecule has 120 valence electrons. The lowest BCUT2D eigenvalue weighted by Gasteiger charge is -2.58. The van der Waals surface area contributed by atoms with Gasteiger partial charge in [0.05, 0.1) is 0 Å². The maximum Gasteiger partial charge on any atom is 0.156 e. The van der Waals surface area contributed by atoms with Crippen LogP contribution in [-0.4, -0.2) is 5.78 Å². The largest absolute Gasteiger partial charge is 0.295 e. The molecule has 1 nitrogen and oxygen atoms in total. The molecule has 0 aromatic heterocycles. The van der Waals surface area contributed by atoms with Gasteiger partial charge in [0, 0.05) is 6.42 Å². The van der Waals surface area contributed by atoms with Gasteiger partial charge < -0.3 is 0 Å². The third-order valence-corrected chi connectivity index (χ3v) is 8.00. The second-order valence-electron chi connectivity index (χ2n) is 8.92. The average molecular weight is 298 g/mol. The van der Waals surface area contributed by atoms with E-state index in [1.807, 2.05) is 6.08 Å². The van der Waals surface area contributed by atoms with Crippen molar-refractivity contribution < 1.29 is 4.79 Å². The summed E-state index contributed by atoms with van der Waals surface area (Å²) in [6.45, 7) is 7.21. The molecule has 0 radical (unpaired) electrons. The van der Waals surface area contributed by atoms with E-state index in [0.29, 0.717) is 11.2 Å². The van der Waals surface area contributed by atoms with Crippen LogP contribution < -0.4 is 0 Å². The Hall–Kier alpha value is -0.850. The smallest absolute Gasteiger partial charge is 0.156 e. The van der Waals surface area contributed by atoms with Crippen LogP contribution in [0.1, 0.15) is 72.1 Å². The summed E-state index contributed by atoms with van der Waals surface area (Å²) in [5, 5.41) is 0. The van der Waals surface area contributed by atoms with Crippen LogP contribution in [0.5, 0.6) is 0 Å². The standard InChI is InChI=1S/C21H30O/c1-4-14-12-16-17-6-5-9-20(17,2)10-8-18(16)21(3)11-7-15(22)13-19(14)21/h4,13,16-18H,5-12H2,1-3H3/t16-,17-,18+,20-,21+/m0/s1. The van der Waals surface area contributed by atoms with E-state index in [9.17, 15) is 4.79 Å². The Bertz CT molecular complexity index is 568. The first kappa shape index (κ1) is 14.7. The molecule has 0 heterocycles. The molecule has 0 saturated heterocycles. The summed E-state index contributed by atoms with van der Waals surface area (Å²) in [5.74, 6) is 2.96. The highest BCUT2D eigenvalue weighted by Crippen LogP contribution is 2.66. The molecule has 0 N–H and O–H groups in total. The lowest BCUT2D eigenvalue weighted by molar-refractivity contribution is -0.117. The van der Waals surface area contributed by atoms with Crippen LogP contribution in [0.3, 0.4) is 0 Å². The number of allylic oxidation sites excluding steroid dienone is 3. The fourth-order valence-corrected chi connectivity index (χ4v) is 6.75. The molecule has 4 aliphatic carbocycles. The molecule has 1 heteroatoms. The van der Waals surface area contributed by atoms with Gasteiger partial charge in [0.2, 0.25) is 0 Å². The molecule has 0 bridgehead atoms. The molecular formula is C21H30O. The van der Waals surface area contributed by atoms with E-state index < -0.39 is 0 Å². The molecule has 0 unspecified atom stereocenters. The molecule has 3 saturated carbocycles. The van der Waals surface area contributed by atoms with E-state index in [2.05, 4.69) is 26.8 Å². The number of ketones is 1. The number of carbonyl (C=O) groups is 1. The fourth-order valence-electron chi connectivity index (χ4n) is 6.75. The predicted octanol–water partition coefficient (Wildman–Crippen LogP) is 5.46. The summed E-state index contributed by atoms with van der Waals surface area (Å²) in [5.41, 5.74) is 3.78. The van der Waals surface area contributed by atoms with Gasteiger partial charge >= 0.3 is 0 Å². The second-order valence-corrected chi connectivity index (χ2v) is 8.92. The van der Waals surface area contributed by atoms with Crippen molar-refractivity contribution in [2.75, 3.05) is 0 Å². The Morgan fingerprint density at radius 3 is 2.73 bits per heavy atom. The van der Waals surface area contributed by atoms with Crippen LogP contribution in [0.4, 0.5) is 0 Å². The molecular weight excluding hydrogens is 268 g/mol. The van der Waals surface area contributed by atoms with E-state index >= 15 is 0 Å². The van der Waals surface area contributed by atoms with Gasteiger partial charge in [0.1, 0.15) is 0 Å². The van der Waals surface area contributed by atoms with E-state index in [4.69, 9.17) is 0 Å². The molecule has 4 aliphatic rings. The molecule has 0 aromatic carbocycles. The quantitative estimate of drug-likeness (QED) is 0.580. The number of hydrogen-bond donors (Lipinski definition) is 0. The molecule has 0 amide bonds. The van der Waals surface area contributed by atoms with Crippen molar-refractivity contribution in [1.29, 1.82) is 0 Å². The normalized spacial score (nSPS) is 49.4. The van der Waals surface area contributed by atoms with E-state index in [0.717, 1.165) is 30.6 Å². The first-order chi connectivity index (χ1) is 10.5. The van der Waals surface area contributed by atoms with Crippen molar-refractivity contribution in [2.24, 2.45) is 28.6 Å². The van der Waals surface area contributed by atoms with Crippen LogP contribution in [0.25, 0.3) is 0 Å². The predicted molar refractivity (Wildman–Crippen MR) is 90.5 cm³/mol. The van der Waals surface area contributed by atoms with Crippen molar-refractivity contribution in [3.63, 3.8) is 0 Å². The minimum atomic E-state index is 0.266. The fraction of sp³-hybridized carbons (Fsp3) is 0.762. The minimum absolute atomic E-state index is 0.266. The number of fused-ring (bicyclic) bond motifs is 5. The molecule has 0 spiro atoms. The Morgan fingerprint density at radius 1 is 1.14 bits per heavy atom. The van der Waals surface area contributed by atoms with Crippen LogP contribution in [0, 0.1) is 28.6 Å². The van der Waals surface area contributed by atoms with Gasteiger partial charge in [-0.25, -0.2) is 0 Å². The van der Waals surface area contributed by atoms with E-state index in [1.165, 1.54) is 49.7 Å². The van der Waals surface area contributed by atoms with Gasteiger partial charge in [-0.05, 0) is 91.3 Å². The summed E-state index contributed by atoms with van der Waals surface area (Å²) in [7, 11) is 0. The molecule has 5 atom stereocenters. The maximum absolute atomic E-state index is 12.0. The summed E-state index contributed by atoms with van der Waals surface area (Å²) >= 11 is 0. The van der Waals surface area contributed by atoms with Crippen molar-refractivity contribution in [3.8, 4) is 0 Å². The van der Waals surface area contributed by atoms with Gasteiger partial charge in [0.15, 0.2) is 5.78 Å². The Morgan fingerprint density at radius 2 is 1.95 bits per heavy atom. The summed E-state index contributed by atoms with van der Waals surface area (Å²) < 4.78 is 0. The van der Waals surface area contributed by atoms with Crippen molar-refractivity contribution in [2.45, 2.75) is 72.1 Å². The molecule has 22 heavy (non-hydrogen) atoms. The molecule has 4 rings (SSSR count).